The van der Waals surface area contributed by atoms with Crippen LogP contribution in [0, 0.1) is 18.3 Å². The van der Waals surface area contributed by atoms with E-state index in [-0.39, 0.29) is 5.92 Å². The summed E-state index contributed by atoms with van der Waals surface area (Å²) in [4.78, 5) is 2.12. The molecule has 1 N–H and O–H groups in total. The lowest BCUT2D eigenvalue weighted by Gasteiger charge is -2.28. The van der Waals surface area contributed by atoms with Gasteiger partial charge in [0, 0.05) is 18.0 Å². The monoisotopic (exact) mass is 369 g/mol. The summed E-state index contributed by atoms with van der Waals surface area (Å²) < 4.78 is 5.68. The van der Waals surface area contributed by atoms with E-state index in [1.807, 2.05) is 12.3 Å². The standard InChI is InChI=1S/C24H35NO2/c1-6-8-9-10-18(3)19(4)21-16-22(26)24(23(17-21)27-5)20-11-14-25(13-7-2)15-12-20/h2,11,14,16-20,26H,6,8-10,12-13,15H2,1,3-5H3. The maximum Gasteiger partial charge on any atom is 0.126 e. The van der Waals surface area contributed by atoms with Crippen molar-refractivity contribution in [2.45, 2.75) is 64.7 Å². The molecule has 148 valence electrons. The zero-order valence-electron chi connectivity index (χ0n) is 17.4. The van der Waals surface area contributed by atoms with Crippen LogP contribution >= 0.6 is 0 Å². The van der Waals surface area contributed by atoms with Crippen molar-refractivity contribution >= 4 is 0 Å². The second-order valence-corrected chi connectivity index (χ2v) is 7.83. The van der Waals surface area contributed by atoms with Gasteiger partial charge in [-0.3, -0.25) is 0 Å². The first-order valence-corrected chi connectivity index (χ1v) is 10.3. The highest BCUT2D eigenvalue weighted by Gasteiger charge is 2.24. The Morgan fingerprint density at radius 3 is 2.70 bits per heavy atom. The van der Waals surface area contributed by atoms with Gasteiger partial charge in [-0.15, -0.1) is 6.42 Å². The van der Waals surface area contributed by atoms with Crippen LogP contribution in [0.25, 0.3) is 0 Å². The molecule has 0 radical (unpaired) electrons. The van der Waals surface area contributed by atoms with Crippen molar-refractivity contribution in [1.82, 2.24) is 4.90 Å². The van der Waals surface area contributed by atoms with Crippen LogP contribution in [0.5, 0.6) is 11.5 Å². The molecule has 0 bridgehead atoms. The number of phenols is 1. The molecule has 0 spiro atoms. The number of terminal acetylenes is 1. The van der Waals surface area contributed by atoms with Gasteiger partial charge in [-0.1, -0.05) is 58.5 Å². The fraction of sp³-hybridized carbons (Fsp3) is 0.583. The number of rotatable bonds is 9. The zero-order valence-corrected chi connectivity index (χ0v) is 17.4. The molecule has 1 aromatic carbocycles. The first-order valence-electron chi connectivity index (χ1n) is 10.3. The molecule has 0 saturated carbocycles. The van der Waals surface area contributed by atoms with Crippen LogP contribution in [0.4, 0.5) is 0 Å². The second kappa shape index (κ2) is 10.3. The van der Waals surface area contributed by atoms with E-state index in [0.29, 0.717) is 24.1 Å². The molecule has 1 aliphatic heterocycles. The first kappa shape index (κ1) is 21.2. The maximum atomic E-state index is 10.8. The van der Waals surface area contributed by atoms with Gasteiger partial charge in [0.05, 0.1) is 13.7 Å². The molecular formula is C24H35NO2. The van der Waals surface area contributed by atoms with Gasteiger partial charge in [-0.2, -0.15) is 0 Å². The molecule has 3 unspecified atom stereocenters. The summed E-state index contributed by atoms with van der Waals surface area (Å²) in [6, 6.07) is 4.07. The van der Waals surface area contributed by atoms with Gasteiger partial charge in [0.2, 0.25) is 0 Å². The Kier molecular flexibility index (Phi) is 8.10. The molecule has 1 aromatic rings. The minimum Gasteiger partial charge on any atom is -0.507 e. The number of unbranched alkanes of at least 4 members (excludes halogenated alkanes) is 2. The van der Waals surface area contributed by atoms with E-state index in [1.54, 1.807) is 7.11 Å². The molecule has 0 aromatic heterocycles. The lowest BCUT2D eigenvalue weighted by molar-refractivity contribution is 0.361. The molecule has 1 heterocycles. The van der Waals surface area contributed by atoms with E-state index in [2.05, 4.69) is 43.7 Å². The third-order valence-electron chi connectivity index (χ3n) is 5.93. The highest BCUT2D eigenvalue weighted by molar-refractivity contribution is 5.52. The Hall–Kier alpha value is -2.08. The minimum atomic E-state index is 0.153. The summed E-state index contributed by atoms with van der Waals surface area (Å²) in [5, 5.41) is 10.8. The predicted molar refractivity (Wildman–Crippen MR) is 113 cm³/mol. The van der Waals surface area contributed by atoms with Crippen LogP contribution in [-0.2, 0) is 0 Å². The zero-order chi connectivity index (χ0) is 19.8. The normalized spacial score (nSPS) is 18.8. The summed E-state index contributed by atoms with van der Waals surface area (Å²) >= 11 is 0. The van der Waals surface area contributed by atoms with Crippen LogP contribution in [0.1, 0.15) is 75.8 Å². The molecule has 2 rings (SSSR count). The Morgan fingerprint density at radius 1 is 1.33 bits per heavy atom. The average Bonchev–Trinajstić information content (AvgIpc) is 2.68. The van der Waals surface area contributed by atoms with Crippen LogP contribution in [-0.4, -0.2) is 30.2 Å². The van der Waals surface area contributed by atoms with E-state index in [9.17, 15) is 5.11 Å². The largest absolute Gasteiger partial charge is 0.507 e. The van der Waals surface area contributed by atoms with Crippen LogP contribution < -0.4 is 4.74 Å². The van der Waals surface area contributed by atoms with Crippen molar-refractivity contribution in [3.63, 3.8) is 0 Å². The topological polar surface area (TPSA) is 32.7 Å². The highest BCUT2D eigenvalue weighted by Crippen LogP contribution is 2.42. The fourth-order valence-electron chi connectivity index (χ4n) is 3.92. The second-order valence-electron chi connectivity index (χ2n) is 7.83. The van der Waals surface area contributed by atoms with E-state index < -0.39 is 0 Å². The van der Waals surface area contributed by atoms with E-state index in [0.717, 1.165) is 29.8 Å². The summed E-state index contributed by atoms with van der Waals surface area (Å²) in [7, 11) is 1.69. The van der Waals surface area contributed by atoms with Crippen molar-refractivity contribution in [3.05, 3.63) is 35.5 Å². The van der Waals surface area contributed by atoms with Crippen LogP contribution in [0.15, 0.2) is 24.4 Å². The lowest BCUT2D eigenvalue weighted by Crippen LogP contribution is -2.24. The summed E-state index contributed by atoms with van der Waals surface area (Å²) in [6.07, 6.45) is 15.5. The van der Waals surface area contributed by atoms with Crippen molar-refractivity contribution in [2.24, 2.45) is 5.92 Å². The van der Waals surface area contributed by atoms with Gasteiger partial charge in [0.15, 0.2) is 0 Å². The number of methoxy groups -OCH3 is 1. The molecule has 1 aliphatic rings. The molecule has 0 fully saturated rings. The first-order chi connectivity index (χ1) is 13.0. The highest BCUT2D eigenvalue weighted by atomic mass is 16.5. The van der Waals surface area contributed by atoms with Gasteiger partial charge in [-0.25, -0.2) is 0 Å². The van der Waals surface area contributed by atoms with E-state index in [1.165, 1.54) is 25.7 Å². The molecule has 0 amide bonds. The molecule has 27 heavy (non-hydrogen) atoms. The molecule has 0 aliphatic carbocycles. The number of aromatic hydroxyl groups is 1. The molecule has 3 atom stereocenters. The summed E-state index contributed by atoms with van der Waals surface area (Å²) in [5.74, 6) is 4.94. The average molecular weight is 370 g/mol. The van der Waals surface area contributed by atoms with Crippen molar-refractivity contribution in [2.75, 3.05) is 20.2 Å². The molecule has 0 saturated heterocycles. The van der Waals surface area contributed by atoms with Crippen molar-refractivity contribution < 1.29 is 9.84 Å². The van der Waals surface area contributed by atoms with Gasteiger partial charge < -0.3 is 14.7 Å². The van der Waals surface area contributed by atoms with Gasteiger partial charge in [0.1, 0.15) is 11.5 Å². The number of phenolic OH excluding ortho intramolecular Hbond substituents is 1. The van der Waals surface area contributed by atoms with Crippen molar-refractivity contribution in [1.29, 1.82) is 0 Å². The molecule has 3 nitrogen and oxygen atoms in total. The number of allylic oxidation sites excluding steroid dienone is 1. The molecular weight excluding hydrogens is 334 g/mol. The van der Waals surface area contributed by atoms with Crippen LogP contribution in [0.2, 0.25) is 0 Å². The Labute approximate surface area is 165 Å². The Morgan fingerprint density at radius 2 is 2.11 bits per heavy atom. The van der Waals surface area contributed by atoms with Gasteiger partial charge in [0.25, 0.3) is 0 Å². The lowest BCUT2D eigenvalue weighted by atomic mass is 9.83. The predicted octanol–water partition coefficient (Wildman–Crippen LogP) is 5.66. The third kappa shape index (κ3) is 5.45. The van der Waals surface area contributed by atoms with E-state index >= 15 is 0 Å². The number of benzene rings is 1. The Bertz CT molecular complexity index is 674. The number of hydrogen-bond acceptors (Lipinski definition) is 3. The maximum absolute atomic E-state index is 10.8. The SMILES string of the molecule is C#CCN1C=CC(c2c(O)cc(C(C)C(C)CCCCC)cc2OC)CC1. The smallest absolute Gasteiger partial charge is 0.126 e. The summed E-state index contributed by atoms with van der Waals surface area (Å²) in [5.41, 5.74) is 2.05. The quantitative estimate of drug-likeness (QED) is 0.450. The summed E-state index contributed by atoms with van der Waals surface area (Å²) in [6.45, 7) is 8.31. The van der Waals surface area contributed by atoms with Gasteiger partial charge in [-0.05, 0) is 42.2 Å². The Balaban J connectivity index is 2.20. The number of ether oxygens (including phenoxy) is 1. The van der Waals surface area contributed by atoms with Crippen molar-refractivity contribution in [3.8, 4) is 23.8 Å². The third-order valence-corrected chi connectivity index (χ3v) is 5.93. The van der Waals surface area contributed by atoms with Crippen LogP contribution in [0.3, 0.4) is 0 Å². The van der Waals surface area contributed by atoms with E-state index in [4.69, 9.17) is 11.2 Å². The van der Waals surface area contributed by atoms with Gasteiger partial charge >= 0.3 is 0 Å². The fourth-order valence-corrected chi connectivity index (χ4v) is 3.92. The number of hydrogen-bond donors (Lipinski definition) is 1. The number of nitrogens with zero attached hydrogens (tertiary/aromatic N) is 1. The molecule has 3 heteroatoms. The minimum absolute atomic E-state index is 0.153.